The highest BCUT2D eigenvalue weighted by Crippen LogP contribution is 2.35. The van der Waals surface area contributed by atoms with Crippen LogP contribution in [0, 0.1) is 0 Å². The topological polar surface area (TPSA) is 105 Å². The molecule has 1 aliphatic rings. The summed E-state index contributed by atoms with van der Waals surface area (Å²) in [6.07, 6.45) is 1.78. The van der Waals surface area contributed by atoms with E-state index in [0.29, 0.717) is 36.8 Å². The van der Waals surface area contributed by atoms with Gasteiger partial charge in [0, 0.05) is 42.5 Å². The summed E-state index contributed by atoms with van der Waals surface area (Å²) < 4.78 is 39.0. The number of hydrogen-bond acceptors (Lipinski definition) is 6. The number of carbonyl (C=O) groups is 2. The van der Waals surface area contributed by atoms with Gasteiger partial charge in [0.15, 0.2) is 11.5 Å². The number of sulfonamides is 1. The van der Waals surface area contributed by atoms with Crippen molar-refractivity contribution >= 4 is 43.5 Å². The highest BCUT2D eigenvalue weighted by Gasteiger charge is 2.31. The van der Waals surface area contributed by atoms with Gasteiger partial charge in [-0.2, -0.15) is 0 Å². The number of ether oxygens (including phenoxy) is 2. The van der Waals surface area contributed by atoms with Crippen molar-refractivity contribution in [2.45, 2.75) is 51.7 Å². The fourth-order valence-corrected chi connectivity index (χ4v) is 6.13. The zero-order valence-electron chi connectivity index (χ0n) is 24.7. The van der Waals surface area contributed by atoms with E-state index in [1.165, 1.54) is 4.31 Å². The molecule has 0 saturated carbocycles. The van der Waals surface area contributed by atoms with Gasteiger partial charge in [-0.25, -0.2) is 8.42 Å². The van der Waals surface area contributed by atoms with E-state index in [-0.39, 0.29) is 43.8 Å². The Kier molecular flexibility index (Phi) is 11.1. The van der Waals surface area contributed by atoms with Gasteiger partial charge in [-0.15, -0.1) is 0 Å². The average Bonchev–Trinajstić information content (AvgIpc) is 2.97. The average molecular weight is 673 g/mol. The summed E-state index contributed by atoms with van der Waals surface area (Å²) in [5.41, 5.74) is 2.24. The van der Waals surface area contributed by atoms with E-state index in [2.05, 4.69) is 21.2 Å². The summed E-state index contributed by atoms with van der Waals surface area (Å²) in [4.78, 5) is 29.1. The number of carbonyl (C=O) groups excluding carboxylic acids is 2. The quantitative estimate of drug-likeness (QED) is 0.276. The second-order valence-electron chi connectivity index (χ2n) is 10.8. The first-order valence-corrected chi connectivity index (χ1v) is 16.9. The van der Waals surface area contributed by atoms with E-state index in [0.717, 1.165) is 21.9 Å². The molecule has 9 nitrogen and oxygen atoms in total. The van der Waals surface area contributed by atoms with Crippen LogP contribution in [0.2, 0.25) is 0 Å². The molecule has 0 spiro atoms. The number of amides is 2. The molecule has 0 aromatic heterocycles. The lowest BCUT2D eigenvalue weighted by atomic mass is 10.0. The number of halogens is 1. The van der Waals surface area contributed by atoms with Crippen LogP contribution in [0.25, 0.3) is 0 Å². The van der Waals surface area contributed by atoms with E-state index in [9.17, 15) is 18.0 Å². The van der Waals surface area contributed by atoms with Crippen LogP contribution in [0.15, 0.2) is 77.3 Å². The summed E-state index contributed by atoms with van der Waals surface area (Å²) in [5, 5.41) is 2.98. The van der Waals surface area contributed by atoms with Gasteiger partial charge in [0.05, 0.1) is 11.9 Å². The molecule has 1 atom stereocenters. The number of benzene rings is 3. The first-order valence-electron chi connectivity index (χ1n) is 14.3. The molecular weight excluding hydrogens is 634 g/mol. The second kappa shape index (κ2) is 14.7. The number of nitrogens with zero attached hydrogens (tertiary/aromatic N) is 2. The van der Waals surface area contributed by atoms with E-state index >= 15 is 0 Å². The molecule has 0 saturated heterocycles. The van der Waals surface area contributed by atoms with Gasteiger partial charge in [0.25, 0.3) is 0 Å². The minimum Gasteiger partial charge on any atom is -0.486 e. The summed E-state index contributed by atoms with van der Waals surface area (Å²) in [7, 11) is -3.66. The number of hydrogen-bond donors (Lipinski definition) is 1. The minimum atomic E-state index is -3.66. The maximum atomic E-state index is 13.9. The van der Waals surface area contributed by atoms with Gasteiger partial charge < -0.3 is 19.7 Å². The van der Waals surface area contributed by atoms with Gasteiger partial charge in [-0.1, -0.05) is 58.4 Å². The predicted molar refractivity (Wildman–Crippen MR) is 171 cm³/mol. The van der Waals surface area contributed by atoms with Crippen LogP contribution in [-0.4, -0.2) is 63.2 Å². The van der Waals surface area contributed by atoms with Crippen molar-refractivity contribution in [3.63, 3.8) is 0 Å². The molecule has 4 rings (SSSR count). The molecule has 1 aliphatic heterocycles. The van der Waals surface area contributed by atoms with Crippen LogP contribution < -0.4 is 19.1 Å². The van der Waals surface area contributed by atoms with Gasteiger partial charge >= 0.3 is 0 Å². The Balaban J connectivity index is 1.57. The Morgan fingerprint density at radius 3 is 2.26 bits per heavy atom. The third kappa shape index (κ3) is 9.21. The highest BCUT2D eigenvalue weighted by molar-refractivity contribution is 9.10. The third-order valence-electron chi connectivity index (χ3n) is 6.93. The van der Waals surface area contributed by atoms with Crippen LogP contribution in [-0.2, 0) is 32.6 Å². The highest BCUT2D eigenvalue weighted by atomic mass is 79.9. The van der Waals surface area contributed by atoms with Crippen molar-refractivity contribution in [2.24, 2.45) is 0 Å². The van der Waals surface area contributed by atoms with Crippen LogP contribution >= 0.6 is 15.9 Å². The Morgan fingerprint density at radius 2 is 1.60 bits per heavy atom. The molecule has 230 valence electrons. The summed E-state index contributed by atoms with van der Waals surface area (Å²) in [6.45, 7) is 4.89. The number of anilines is 1. The molecule has 0 aliphatic carbocycles. The normalized spacial score (nSPS) is 13.3. The van der Waals surface area contributed by atoms with E-state index in [1.54, 1.807) is 23.1 Å². The zero-order chi connectivity index (χ0) is 31.0. The van der Waals surface area contributed by atoms with Crippen molar-refractivity contribution in [3.8, 4) is 11.5 Å². The van der Waals surface area contributed by atoms with Gasteiger partial charge in [-0.3, -0.25) is 13.9 Å². The third-order valence-corrected chi connectivity index (χ3v) is 8.66. The monoisotopic (exact) mass is 671 g/mol. The van der Waals surface area contributed by atoms with Crippen molar-refractivity contribution in [3.05, 3.63) is 88.4 Å². The fraction of sp³-hybridized carbons (Fsp3) is 0.375. The van der Waals surface area contributed by atoms with Crippen molar-refractivity contribution in [2.75, 3.05) is 30.3 Å². The molecule has 0 bridgehead atoms. The molecule has 0 unspecified atom stereocenters. The SMILES string of the molecule is CC(C)NC(=O)[C@@H](Cc1ccccc1)N(Cc1ccc(Br)cc1)C(=O)CCCN(c1ccc2c(c1)OCCO2)S(C)(=O)=O. The fourth-order valence-electron chi connectivity index (χ4n) is 4.91. The lowest BCUT2D eigenvalue weighted by molar-refractivity contribution is -0.141. The number of fused-ring (bicyclic) bond motifs is 1. The molecule has 43 heavy (non-hydrogen) atoms. The molecule has 3 aromatic carbocycles. The van der Waals surface area contributed by atoms with Crippen molar-refractivity contribution < 1.29 is 27.5 Å². The Hall–Kier alpha value is -3.57. The van der Waals surface area contributed by atoms with E-state index in [1.807, 2.05) is 68.4 Å². The predicted octanol–water partition coefficient (Wildman–Crippen LogP) is 4.93. The van der Waals surface area contributed by atoms with Gasteiger partial charge in [0.1, 0.15) is 19.3 Å². The first-order chi connectivity index (χ1) is 20.5. The largest absolute Gasteiger partial charge is 0.486 e. The Labute approximate surface area is 262 Å². The van der Waals surface area contributed by atoms with Crippen LogP contribution in [0.4, 0.5) is 5.69 Å². The standard InChI is InChI=1S/C32H38BrN3O6S/c1-23(2)34-32(38)28(20-24-8-5-4-6-9-24)35(22-25-11-13-26(33)14-12-25)31(37)10-7-17-36(43(3,39)40)27-15-16-29-30(21-27)42-19-18-41-29/h4-6,8-9,11-16,21,23,28H,7,10,17-20,22H2,1-3H3,(H,34,38)/t28-/m1/s1. The summed E-state index contributed by atoms with van der Waals surface area (Å²) in [5.74, 6) is 0.567. The maximum Gasteiger partial charge on any atom is 0.243 e. The first kappa shape index (κ1) is 32.3. The summed E-state index contributed by atoms with van der Waals surface area (Å²) in [6, 6.07) is 21.4. The van der Waals surface area contributed by atoms with Crippen molar-refractivity contribution in [1.29, 1.82) is 0 Å². The lowest BCUT2D eigenvalue weighted by Gasteiger charge is -2.32. The Morgan fingerprint density at radius 1 is 0.930 bits per heavy atom. The second-order valence-corrected chi connectivity index (χ2v) is 13.6. The molecule has 0 fully saturated rings. The summed E-state index contributed by atoms with van der Waals surface area (Å²) >= 11 is 3.45. The molecule has 3 aromatic rings. The molecule has 11 heteroatoms. The zero-order valence-corrected chi connectivity index (χ0v) is 27.1. The molecule has 2 amide bonds. The Bertz CT molecular complexity index is 1500. The van der Waals surface area contributed by atoms with Crippen LogP contribution in [0.1, 0.15) is 37.8 Å². The molecule has 1 N–H and O–H groups in total. The van der Waals surface area contributed by atoms with Crippen LogP contribution in [0.5, 0.6) is 11.5 Å². The molecule has 1 heterocycles. The maximum absolute atomic E-state index is 13.9. The van der Waals surface area contributed by atoms with Crippen LogP contribution in [0.3, 0.4) is 0 Å². The molecule has 0 radical (unpaired) electrons. The molecular formula is C32H38BrN3O6S. The van der Waals surface area contributed by atoms with Gasteiger partial charge in [0.2, 0.25) is 21.8 Å². The lowest BCUT2D eigenvalue weighted by Crippen LogP contribution is -2.51. The minimum absolute atomic E-state index is 0.0490. The smallest absolute Gasteiger partial charge is 0.243 e. The van der Waals surface area contributed by atoms with E-state index < -0.39 is 16.1 Å². The van der Waals surface area contributed by atoms with E-state index in [4.69, 9.17) is 9.47 Å². The van der Waals surface area contributed by atoms with Crippen molar-refractivity contribution in [1.82, 2.24) is 10.2 Å². The number of nitrogens with one attached hydrogen (secondary N) is 1. The number of rotatable bonds is 13. The van der Waals surface area contributed by atoms with Gasteiger partial charge in [-0.05, 0) is 55.7 Å².